The number of nitrogens with zero attached hydrogens (tertiary/aromatic N) is 1. The van der Waals surface area contributed by atoms with Gasteiger partial charge < -0.3 is 14.8 Å². The van der Waals surface area contributed by atoms with Gasteiger partial charge in [0.15, 0.2) is 0 Å². The number of ether oxygens (including phenoxy) is 2. The van der Waals surface area contributed by atoms with Gasteiger partial charge in [-0.05, 0) is 17.7 Å². The molecule has 1 unspecified atom stereocenters. The Hall–Kier alpha value is -2.58. The lowest BCUT2D eigenvalue weighted by Gasteiger charge is -2.26. The minimum atomic E-state index is -3.59. The second kappa shape index (κ2) is 8.20. The molecule has 0 heterocycles. The quantitative estimate of drug-likeness (QED) is 0.799. The van der Waals surface area contributed by atoms with Gasteiger partial charge >= 0.3 is 0 Å². The molecule has 26 heavy (non-hydrogen) atoms. The Bertz CT molecular complexity index is 868. The Morgan fingerprint density at radius 2 is 1.73 bits per heavy atom. The van der Waals surface area contributed by atoms with E-state index in [2.05, 4.69) is 5.32 Å². The molecule has 8 heteroatoms. The van der Waals surface area contributed by atoms with Crippen molar-refractivity contribution in [3.05, 3.63) is 54.1 Å². The normalized spacial score (nSPS) is 12.5. The van der Waals surface area contributed by atoms with Gasteiger partial charge in [0.25, 0.3) is 0 Å². The van der Waals surface area contributed by atoms with Crippen LogP contribution in [0.4, 0.5) is 5.69 Å². The van der Waals surface area contributed by atoms with E-state index in [1.807, 2.05) is 0 Å². The second-order valence-corrected chi connectivity index (χ2v) is 7.69. The Labute approximate surface area is 153 Å². The fourth-order valence-corrected chi connectivity index (χ4v) is 3.06. The van der Waals surface area contributed by atoms with Crippen molar-refractivity contribution in [1.82, 2.24) is 4.31 Å². The third kappa shape index (κ3) is 4.53. The summed E-state index contributed by atoms with van der Waals surface area (Å²) in [5, 5.41) is 2.74. The number of amides is 1. The third-order valence-electron chi connectivity index (χ3n) is 3.92. The van der Waals surface area contributed by atoms with Crippen LogP contribution in [0.2, 0.25) is 0 Å². The first-order valence-electron chi connectivity index (χ1n) is 7.78. The molecule has 1 amide bonds. The Morgan fingerprint density at radius 3 is 2.27 bits per heavy atom. The van der Waals surface area contributed by atoms with Crippen LogP contribution in [-0.4, -0.2) is 46.2 Å². The molecule has 0 aliphatic rings. The molecule has 1 atom stereocenters. The molecule has 2 aromatic rings. The number of carbonyl (C=O) groups is 1. The number of benzene rings is 2. The van der Waals surface area contributed by atoms with E-state index in [9.17, 15) is 13.2 Å². The van der Waals surface area contributed by atoms with Crippen molar-refractivity contribution in [2.24, 2.45) is 0 Å². The average molecular weight is 378 g/mol. The van der Waals surface area contributed by atoms with Crippen molar-refractivity contribution < 1.29 is 22.7 Å². The Kier molecular flexibility index (Phi) is 6.23. The topological polar surface area (TPSA) is 84.9 Å². The second-order valence-electron chi connectivity index (χ2n) is 5.65. The monoisotopic (exact) mass is 378 g/mol. The summed E-state index contributed by atoms with van der Waals surface area (Å²) in [6.45, 7) is 0. The maximum absolute atomic E-state index is 12.9. The fraction of sp³-hybridized carbons (Fsp3) is 0.278. The van der Waals surface area contributed by atoms with E-state index < -0.39 is 22.0 Å². The highest BCUT2D eigenvalue weighted by Crippen LogP contribution is 2.31. The lowest BCUT2D eigenvalue weighted by molar-refractivity contribution is -0.119. The first-order valence-corrected chi connectivity index (χ1v) is 9.63. The van der Waals surface area contributed by atoms with Crippen molar-refractivity contribution in [3.63, 3.8) is 0 Å². The van der Waals surface area contributed by atoms with Crippen molar-refractivity contribution >= 4 is 21.6 Å². The number of likely N-dealkylation sites (N-methyl/N-ethyl adjacent to an activating group) is 1. The van der Waals surface area contributed by atoms with Gasteiger partial charge in [0, 0.05) is 13.1 Å². The highest BCUT2D eigenvalue weighted by Gasteiger charge is 2.31. The lowest BCUT2D eigenvalue weighted by atomic mass is 10.1. The van der Waals surface area contributed by atoms with E-state index in [1.165, 1.54) is 21.3 Å². The molecule has 140 valence electrons. The molecule has 0 saturated carbocycles. The summed E-state index contributed by atoms with van der Waals surface area (Å²) in [6, 6.07) is 12.6. The van der Waals surface area contributed by atoms with E-state index >= 15 is 0 Å². The molecule has 0 aromatic heterocycles. The fourth-order valence-electron chi connectivity index (χ4n) is 2.46. The first kappa shape index (κ1) is 19.7. The molecule has 0 saturated heterocycles. The van der Waals surface area contributed by atoms with Gasteiger partial charge in [0.1, 0.15) is 17.5 Å². The number of sulfonamides is 1. The molecule has 1 N–H and O–H groups in total. The average Bonchev–Trinajstić information content (AvgIpc) is 2.62. The summed E-state index contributed by atoms with van der Waals surface area (Å²) in [6.07, 6.45) is 1.06. The molecule has 0 radical (unpaired) electrons. The van der Waals surface area contributed by atoms with Crippen molar-refractivity contribution in [1.29, 1.82) is 0 Å². The van der Waals surface area contributed by atoms with Crippen molar-refractivity contribution in [3.8, 4) is 11.5 Å². The predicted molar refractivity (Wildman–Crippen MR) is 100.0 cm³/mol. The van der Waals surface area contributed by atoms with Gasteiger partial charge in [-0.25, -0.2) is 8.42 Å². The van der Waals surface area contributed by atoms with Crippen LogP contribution in [0.1, 0.15) is 11.6 Å². The molecule has 0 aliphatic heterocycles. The SMILES string of the molecule is COc1ccc(NC(=O)C(c2ccccc2)N(C)S(C)(=O)=O)c(OC)c1. The molecule has 0 spiro atoms. The summed E-state index contributed by atoms with van der Waals surface area (Å²) < 4.78 is 35.5. The highest BCUT2D eigenvalue weighted by atomic mass is 32.2. The maximum Gasteiger partial charge on any atom is 0.247 e. The lowest BCUT2D eigenvalue weighted by Crippen LogP contribution is -2.38. The van der Waals surface area contributed by atoms with Crippen LogP contribution < -0.4 is 14.8 Å². The first-order chi connectivity index (χ1) is 12.3. The van der Waals surface area contributed by atoms with E-state index in [4.69, 9.17) is 9.47 Å². The van der Waals surface area contributed by atoms with Crippen molar-refractivity contribution in [2.75, 3.05) is 32.8 Å². The standard InChI is InChI=1S/C18H22N2O5S/c1-20(26(4,22)23)17(13-8-6-5-7-9-13)18(21)19-15-11-10-14(24-2)12-16(15)25-3/h5-12,17H,1-4H3,(H,19,21). The van der Waals surface area contributed by atoms with E-state index in [1.54, 1.807) is 48.5 Å². The predicted octanol–water partition coefficient (Wildman–Crippen LogP) is 2.28. The highest BCUT2D eigenvalue weighted by molar-refractivity contribution is 7.88. The summed E-state index contributed by atoms with van der Waals surface area (Å²) in [4.78, 5) is 12.9. The van der Waals surface area contributed by atoms with E-state index in [0.29, 0.717) is 22.7 Å². The van der Waals surface area contributed by atoms with Crippen LogP contribution in [0, 0.1) is 0 Å². The Balaban J connectivity index is 2.39. The third-order valence-corrected chi connectivity index (χ3v) is 5.17. The zero-order valence-corrected chi connectivity index (χ0v) is 15.9. The largest absolute Gasteiger partial charge is 0.497 e. The van der Waals surface area contributed by atoms with Crippen LogP contribution in [0.15, 0.2) is 48.5 Å². The number of rotatable bonds is 7. The number of hydrogen-bond donors (Lipinski definition) is 1. The molecule has 0 fully saturated rings. The maximum atomic E-state index is 12.9. The summed E-state index contributed by atoms with van der Waals surface area (Å²) in [5.41, 5.74) is 0.978. The van der Waals surface area contributed by atoms with Crippen LogP contribution in [0.3, 0.4) is 0 Å². The van der Waals surface area contributed by atoms with Gasteiger partial charge in [-0.15, -0.1) is 0 Å². The van der Waals surface area contributed by atoms with E-state index in [-0.39, 0.29) is 0 Å². The smallest absolute Gasteiger partial charge is 0.247 e. The molecule has 2 rings (SSSR count). The molecular weight excluding hydrogens is 356 g/mol. The Morgan fingerprint density at radius 1 is 1.08 bits per heavy atom. The molecule has 7 nitrogen and oxygen atoms in total. The number of carbonyl (C=O) groups excluding carboxylic acids is 1. The van der Waals surface area contributed by atoms with Crippen LogP contribution in [0.5, 0.6) is 11.5 Å². The minimum absolute atomic E-state index is 0.409. The van der Waals surface area contributed by atoms with Crippen LogP contribution in [0.25, 0.3) is 0 Å². The summed E-state index contributed by atoms with van der Waals surface area (Å²) in [7, 11) is 0.782. The van der Waals surface area contributed by atoms with Crippen molar-refractivity contribution in [2.45, 2.75) is 6.04 Å². The summed E-state index contributed by atoms with van der Waals surface area (Å²) >= 11 is 0. The van der Waals surface area contributed by atoms with Gasteiger partial charge in [-0.2, -0.15) is 4.31 Å². The van der Waals surface area contributed by atoms with Crippen LogP contribution in [-0.2, 0) is 14.8 Å². The number of anilines is 1. The zero-order chi connectivity index (χ0) is 19.3. The molecule has 0 bridgehead atoms. The number of nitrogens with one attached hydrogen (secondary N) is 1. The zero-order valence-electron chi connectivity index (χ0n) is 15.1. The molecule has 0 aliphatic carbocycles. The van der Waals surface area contributed by atoms with Gasteiger partial charge in [0.05, 0.1) is 26.2 Å². The van der Waals surface area contributed by atoms with Gasteiger partial charge in [0.2, 0.25) is 15.9 Å². The van der Waals surface area contributed by atoms with Gasteiger partial charge in [-0.3, -0.25) is 4.79 Å². The molecule has 2 aromatic carbocycles. The summed E-state index contributed by atoms with van der Waals surface area (Å²) in [5.74, 6) is 0.492. The van der Waals surface area contributed by atoms with E-state index in [0.717, 1.165) is 10.6 Å². The number of hydrogen-bond acceptors (Lipinski definition) is 5. The van der Waals surface area contributed by atoms with Crippen LogP contribution >= 0.6 is 0 Å². The number of methoxy groups -OCH3 is 2. The van der Waals surface area contributed by atoms with Gasteiger partial charge in [-0.1, -0.05) is 30.3 Å². The minimum Gasteiger partial charge on any atom is -0.497 e. The molecular formula is C18H22N2O5S.